The number of nitrogens with two attached hydrogens (primary N) is 1. The quantitative estimate of drug-likeness (QED) is 0.818. The molecule has 0 radical (unpaired) electrons. The zero-order chi connectivity index (χ0) is 13.0. The molecule has 1 heterocycles. The molecule has 0 bridgehead atoms. The van der Waals surface area contributed by atoms with Gasteiger partial charge in [0.25, 0.3) is 0 Å². The molecule has 0 saturated carbocycles. The Kier molecular flexibility index (Phi) is 3.74. The van der Waals surface area contributed by atoms with Crippen LogP contribution in [0.3, 0.4) is 0 Å². The van der Waals surface area contributed by atoms with E-state index < -0.39 is 12.0 Å². The molecule has 0 spiro atoms. The second kappa shape index (κ2) is 5.46. The highest BCUT2D eigenvalue weighted by molar-refractivity contribution is 5.78. The first-order chi connectivity index (χ1) is 8.70. The van der Waals surface area contributed by atoms with Crippen LogP contribution in [-0.2, 0) is 9.53 Å². The number of ether oxygens (including phenoxy) is 2. The monoisotopic (exact) mass is 246 g/mol. The van der Waals surface area contributed by atoms with E-state index in [4.69, 9.17) is 10.5 Å². The molecule has 5 heteroatoms. The lowest BCUT2D eigenvalue weighted by Crippen LogP contribution is -2.37. The summed E-state index contributed by atoms with van der Waals surface area (Å²) >= 11 is 0. The van der Waals surface area contributed by atoms with Gasteiger partial charge in [0.2, 0.25) is 5.88 Å². The smallest absolute Gasteiger partial charge is 0.326 e. The van der Waals surface area contributed by atoms with Gasteiger partial charge in [-0.2, -0.15) is 0 Å². The maximum atomic E-state index is 11.1. The molecule has 2 rings (SSSR count). The number of para-hydroxylation sites is 1. The topological polar surface area (TPSA) is 74.4 Å². The lowest BCUT2D eigenvalue weighted by molar-refractivity contribution is -0.142. The molecule has 94 valence electrons. The Morgan fingerprint density at radius 1 is 1.33 bits per heavy atom. The van der Waals surface area contributed by atoms with Gasteiger partial charge in [-0.05, 0) is 12.1 Å². The summed E-state index contributed by atoms with van der Waals surface area (Å²) in [6, 6.07) is 10.5. The number of hydrogen-bond donors (Lipinski definition) is 1. The van der Waals surface area contributed by atoms with Crippen LogP contribution in [0.5, 0.6) is 5.88 Å². The van der Waals surface area contributed by atoms with E-state index in [-0.39, 0.29) is 6.61 Å². The van der Waals surface area contributed by atoms with Crippen LogP contribution in [0.4, 0.5) is 0 Å². The predicted octanol–water partition coefficient (Wildman–Crippen LogP) is 1.11. The number of methoxy groups -OCH3 is 1. The Balaban J connectivity index is 2.06. The fourth-order valence-electron chi connectivity index (χ4n) is 1.52. The summed E-state index contributed by atoms with van der Waals surface area (Å²) in [5.74, 6) is -0.0659. The number of benzene rings is 1. The zero-order valence-electron chi connectivity index (χ0n) is 10.00. The molecular weight excluding hydrogens is 232 g/mol. The molecule has 0 saturated heterocycles. The van der Waals surface area contributed by atoms with Crippen LogP contribution in [-0.4, -0.2) is 30.7 Å². The molecule has 0 aliphatic rings. The molecule has 5 nitrogen and oxygen atoms in total. The third-order valence-corrected chi connectivity index (χ3v) is 2.49. The van der Waals surface area contributed by atoms with E-state index in [2.05, 4.69) is 9.72 Å². The molecule has 0 fully saturated rings. The summed E-state index contributed by atoms with van der Waals surface area (Å²) in [6.07, 6.45) is 0. The largest absolute Gasteiger partial charge is 0.475 e. The Labute approximate surface area is 105 Å². The van der Waals surface area contributed by atoms with Crippen molar-refractivity contribution in [3.8, 4) is 5.88 Å². The third kappa shape index (κ3) is 2.75. The molecular formula is C13H14N2O3. The highest BCUT2D eigenvalue weighted by Gasteiger charge is 2.14. The summed E-state index contributed by atoms with van der Waals surface area (Å²) in [5, 5.41) is 1.03. The van der Waals surface area contributed by atoms with Crippen LogP contribution in [0, 0.1) is 0 Å². The number of nitrogens with zero attached hydrogens (tertiary/aromatic N) is 1. The average molecular weight is 246 g/mol. The second-order valence-electron chi connectivity index (χ2n) is 3.78. The van der Waals surface area contributed by atoms with Crippen molar-refractivity contribution < 1.29 is 14.3 Å². The highest BCUT2D eigenvalue weighted by Crippen LogP contribution is 2.15. The minimum Gasteiger partial charge on any atom is -0.475 e. The molecule has 1 unspecified atom stereocenters. The Bertz CT molecular complexity index is 557. The summed E-state index contributed by atoms with van der Waals surface area (Å²) in [7, 11) is 1.29. The van der Waals surface area contributed by atoms with Crippen molar-refractivity contribution in [2.75, 3.05) is 13.7 Å². The van der Waals surface area contributed by atoms with Crippen molar-refractivity contribution in [3.05, 3.63) is 36.4 Å². The van der Waals surface area contributed by atoms with Crippen LogP contribution in [0.1, 0.15) is 0 Å². The van der Waals surface area contributed by atoms with Gasteiger partial charge < -0.3 is 15.2 Å². The minimum absolute atomic E-state index is 0.0397. The van der Waals surface area contributed by atoms with Gasteiger partial charge in [0.05, 0.1) is 12.6 Å². The first-order valence-corrected chi connectivity index (χ1v) is 5.52. The van der Waals surface area contributed by atoms with Crippen LogP contribution in [0.15, 0.2) is 36.4 Å². The van der Waals surface area contributed by atoms with Gasteiger partial charge in [0.15, 0.2) is 0 Å². The number of carbonyl (C=O) groups is 1. The summed E-state index contributed by atoms with van der Waals surface area (Å²) in [6.45, 7) is 0.0397. The van der Waals surface area contributed by atoms with E-state index in [9.17, 15) is 4.79 Å². The average Bonchev–Trinajstić information content (AvgIpc) is 2.43. The molecule has 2 aromatic rings. The predicted molar refractivity (Wildman–Crippen MR) is 67.2 cm³/mol. The molecule has 0 aliphatic heterocycles. The maximum absolute atomic E-state index is 11.1. The first-order valence-electron chi connectivity index (χ1n) is 5.52. The summed E-state index contributed by atoms with van der Waals surface area (Å²) < 4.78 is 9.87. The van der Waals surface area contributed by atoms with E-state index in [0.717, 1.165) is 10.9 Å². The van der Waals surface area contributed by atoms with Gasteiger partial charge in [-0.15, -0.1) is 0 Å². The fourth-order valence-corrected chi connectivity index (χ4v) is 1.52. The molecule has 18 heavy (non-hydrogen) atoms. The van der Waals surface area contributed by atoms with E-state index in [1.165, 1.54) is 7.11 Å². The molecule has 1 aromatic heterocycles. The molecule has 1 atom stereocenters. The first kappa shape index (κ1) is 12.3. The van der Waals surface area contributed by atoms with Gasteiger partial charge >= 0.3 is 5.97 Å². The Morgan fingerprint density at radius 3 is 2.89 bits per heavy atom. The van der Waals surface area contributed by atoms with Crippen LogP contribution < -0.4 is 10.5 Å². The van der Waals surface area contributed by atoms with Gasteiger partial charge in [0, 0.05) is 11.5 Å². The van der Waals surface area contributed by atoms with Crippen molar-refractivity contribution in [3.63, 3.8) is 0 Å². The Hall–Kier alpha value is -2.14. The van der Waals surface area contributed by atoms with E-state index in [1.54, 1.807) is 6.07 Å². The van der Waals surface area contributed by atoms with Crippen molar-refractivity contribution in [1.82, 2.24) is 4.98 Å². The maximum Gasteiger partial charge on any atom is 0.326 e. The van der Waals surface area contributed by atoms with Crippen LogP contribution in [0.25, 0.3) is 10.9 Å². The number of fused-ring (bicyclic) bond motifs is 1. The van der Waals surface area contributed by atoms with Crippen molar-refractivity contribution in [1.29, 1.82) is 0 Å². The summed E-state index contributed by atoms with van der Waals surface area (Å²) in [5.41, 5.74) is 6.40. The van der Waals surface area contributed by atoms with Gasteiger partial charge in [-0.25, -0.2) is 4.98 Å². The highest BCUT2D eigenvalue weighted by atomic mass is 16.5. The standard InChI is InChI=1S/C13H14N2O3/c1-17-13(16)10(14)8-18-12-7-6-9-4-2-3-5-11(9)15-12/h2-7,10H,8,14H2,1H3. The van der Waals surface area contributed by atoms with Gasteiger partial charge in [-0.1, -0.05) is 18.2 Å². The number of pyridine rings is 1. The molecule has 2 N–H and O–H groups in total. The number of esters is 1. The molecule has 1 aromatic carbocycles. The number of aromatic nitrogens is 1. The van der Waals surface area contributed by atoms with Crippen molar-refractivity contribution in [2.45, 2.75) is 6.04 Å². The van der Waals surface area contributed by atoms with Crippen LogP contribution in [0.2, 0.25) is 0 Å². The van der Waals surface area contributed by atoms with Crippen LogP contribution >= 0.6 is 0 Å². The SMILES string of the molecule is COC(=O)C(N)COc1ccc2ccccc2n1. The van der Waals surface area contributed by atoms with E-state index >= 15 is 0 Å². The Morgan fingerprint density at radius 2 is 2.11 bits per heavy atom. The fraction of sp³-hybridized carbons (Fsp3) is 0.231. The van der Waals surface area contributed by atoms with E-state index in [1.807, 2.05) is 30.3 Å². The lowest BCUT2D eigenvalue weighted by atomic mass is 10.2. The summed E-state index contributed by atoms with van der Waals surface area (Å²) in [4.78, 5) is 15.4. The van der Waals surface area contributed by atoms with Crippen molar-refractivity contribution >= 4 is 16.9 Å². The normalized spacial score (nSPS) is 12.1. The van der Waals surface area contributed by atoms with E-state index in [0.29, 0.717) is 5.88 Å². The molecule has 0 amide bonds. The third-order valence-electron chi connectivity index (χ3n) is 2.49. The lowest BCUT2D eigenvalue weighted by Gasteiger charge is -2.10. The number of rotatable bonds is 4. The van der Waals surface area contributed by atoms with Crippen molar-refractivity contribution in [2.24, 2.45) is 5.73 Å². The zero-order valence-corrected chi connectivity index (χ0v) is 10.00. The van der Waals surface area contributed by atoms with Gasteiger partial charge in [-0.3, -0.25) is 4.79 Å². The second-order valence-corrected chi connectivity index (χ2v) is 3.78. The number of carbonyl (C=O) groups excluding carboxylic acids is 1. The number of hydrogen-bond acceptors (Lipinski definition) is 5. The van der Waals surface area contributed by atoms with Gasteiger partial charge in [0.1, 0.15) is 12.6 Å². The molecule has 0 aliphatic carbocycles. The minimum atomic E-state index is -0.803.